The number of hydrogen-bond donors (Lipinski definition) is 0. The van der Waals surface area contributed by atoms with Gasteiger partial charge in [-0.1, -0.05) is 42.5 Å². The molecule has 0 bridgehead atoms. The minimum absolute atomic E-state index is 0.103. The van der Waals surface area contributed by atoms with Crippen LogP contribution in [0.4, 0.5) is 10.1 Å². The molecule has 0 unspecified atom stereocenters. The van der Waals surface area contributed by atoms with Crippen LogP contribution in [0.25, 0.3) is 0 Å². The summed E-state index contributed by atoms with van der Waals surface area (Å²) in [7, 11) is 1.53. The Hall–Kier alpha value is -3.98. The number of nitrogens with zero attached hydrogens (tertiary/aromatic N) is 4. The van der Waals surface area contributed by atoms with E-state index < -0.39 is 0 Å². The molecule has 0 spiro atoms. The number of rotatable bonds is 7. The summed E-state index contributed by atoms with van der Waals surface area (Å²) in [4.78, 5) is 21.3. The highest BCUT2D eigenvalue weighted by molar-refractivity contribution is 7.07. The van der Waals surface area contributed by atoms with E-state index in [-0.39, 0.29) is 11.7 Å². The lowest BCUT2D eigenvalue weighted by molar-refractivity contribution is 0.0746. The van der Waals surface area contributed by atoms with Crippen LogP contribution in [0, 0.1) is 5.82 Å². The fraction of sp³-hybridized carbons (Fsp3) is 0.222. The number of carbonyl (C=O) groups excluding carboxylic acids is 1. The second kappa shape index (κ2) is 10.7. The number of para-hydroxylation sites is 1. The van der Waals surface area contributed by atoms with Crippen molar-refractivity contribution in [3.05, 3.63) is 95.6 Å². The highest BCUT2D eigenvalue weighted by atomic mass is 32.1. The van der Waals surface area contributed by atoms with Gasteiger partial charge in [0, 0.05) is 49.7 Å². The van der Waals surface area contributed by atoms with Gasteiger partial charge in [-0.25, -0.2) is 4.39 Å². The molecule has 0 radical (unpaired) electrons. The number of methoxy groups -OCH3 is 1. The second-order valence-electron chi connectivity index (χ2n) is 8.34. The molecule has 0 saturated carbocycles. The highest BCUT2D eigenvalue weighted by Crippen LogP contribution is 2.33. The van der Waals surface area contributed by atoms with Gasteiger partial charge in [-0.15, -0.1) is 0 Å². The average Bonchev–Trinajstić information content (AvgIpc) is 3.36. The molecule has 36 heavy (non-hydrogen) atoms. The molecule has 1 aliphatic heterocycles. The molecule has 1 amide bonds. The van der Waals surface area contributed by atoms with Crippen molar-refractivity contribution in [2.24, 2.45) is 0 Å². The fourth-order valence-corrected chi connectivity index (χ4v) is 4.71. The standard InChI is InChI=1S/C27H25FN4O3S/c1-34-24-18-20(26(33)32-15-13-31(14-16-32)22-10-6-5-9-21(22)28)11-12-23(24)35-27-29-25(30-36-27)17-19-7-3-2-4-8-19/h2-12,18H,13-17H2,1H3. The predicted octanol–water partition coefficient (Wildman–Crippen LogP) is 5.03. The van der Waals surface area contributed by atoms with E-state index in [2.05, 4.69) is 9.36 Å². The lowest BCUT2D eigenvalue weighted by atomic mass is 10.1. The lowest BCUT2D eigenvalue weighted by Gasteiger charge is -2.36. The van der Waals surface area contributed by atoms with Crippen molar-refractivity contribution in [2.45, 2.75) is 6.42 Å². The first-order chi connectivity index (χ1) is 17.6. The van der Waals surface area contributed by atoms with E-state index in [0.717, 1.165) is 5.56 Å². The molecular weight excluding hydrogens is 479 g/mol. The molecule has 1 fully saturated rings. The minimum Gasteiger partial charge on any atom is -0.493 e. The SMILES string of the molecule is COc1cc(C(=O)N2CCN(c3ccccc3F)CC2)ccc1Oc1nc(Cc2ccccc2)ns1. The number of hydrogen-bond acceptors (Lipinski definition) is 7. The Morgan fingerprint density at radius 3 is 2.47 bits per heavy atom. The van der Waals surface area contributed by atoms with E-state index in [0.29, 0.717) is 66.4 Å². The summed E-state index contributed by atoms with van der Waals surface area (Å²) in [5, 5.41) is 0.405. The van der Waals surface area contributed by atoms with Crippen molar-refractivity contribution in [2.75, 3.05) is 38.2 Å². The summed E-state index contributed by atoms with van der Waals surface area (Å²) in [6.07, 6.45) is 0.620. The van der Waals surface area contributed by atoms with E-state index in [9.17, 15) is 9.18 Å². The summed E-state index contributed by atoms with van der Waals surface area (Å²) in [6, 6.07) is 21.8. The van der Waals surface area contributed by atoms with Crippen LogP contribution in [-0.2, 0) is 6.42 Å². The number of halogens is 1. The number of carbonyl (C=O) groups is 1. The highest BCUT2D eigenvalue weighted by Gasteiger charge is 2.24. The van der Waals surface area contributed by atoms with Crippen LogP contribution >= 0.6 is 11.5 Å². The maximum absolute atomic E-state index is 14.1. The first kappa shape index (κ1) is 23.7. The Morgan fingerprint density at radius 2 is 1.72 bits per heavy atom. The van der Waals surface area contributed by atoms with Gasteiger partial charge in [-0.3, -0.25) is 4.79 Å². The zero-order chi connectivity index (χ0) is 24.9. The van der Waals surface area contributed by atoms with Crippen LogP contribution in [0.1, 0.15) is 21.7 Å². The van der Waals surface area contributed by atoms with Gasteiger partial charge in [0.05, 0.1) is 12.8 Å². The summed E-state index contributed by atoms with van der Waals surface area (Å²) >= 11 is 1.17. The smallest absolute Gasteiger partial charge is 0.298 e. The zero-order valence-corrected chi connectivity index (χ0v) is 20.6. The van der Waals surface area contributed by atoms with Crippen LogP contribution < -0.4 is 14.4 Å². The minimum atomic E-state index is -0.250. The summed E-state index contributed by atoms with van der Waals surface area (Å²) < 4.78 is 29.9. The Balaban J connectivity index is 1.23. The Morgan fingerprint density at radius 1 is 0.972 bits per heavy atom. The van der Waals surface area contributed by atoms with Crippen molar-refractivity contribution in [3.63, 3.8) is 0 Å². The predicted molar refractivity (Wildman–Crippen MR) is 137 cm³/mol. The molecule has 1 aromatic heterocycles. The number of aromatic nitrogens is 2. The molecule has 4 aromatic rings. The van der Waals surface area contributed by atoms with Crippen LogP contribution in [0.5, 0.6) is 16.7 Å². The molecule has 1 aliphatic rings. The van der Waals surface area contributed by atoms with E-state index in [1.165, 1.54) is 24.7 Å². The van der Waals surface area contributed by atoms with E-state index >= 15 is 0 Å². The van der Waals surface area contributed by atoms with Gasteiger partial charge in [0.2, 0.25) is 0 Å². The normalized spacial score (nSPS) is 13.5. The van der Waals surface area contributed by atoms with Crippen LogP contribution in [-0.4, -0.2) is 53.5 Å². The molecule has 5 rings (SSSR count). The largest absolute Gasteiger partial charge is 0.493 e. The van der Waals surface area contributed by atoms with Crippen molar-refractivity contribution in [1.29, 1.82) is 0 Å². The number of piperazine rings is 1. The maximum Gasteiger partial charge on any atom is 0.298 e. The molecule has 3 aromatic carbocycles. The Kier molecular flexibility index (Phi) is 7.08. The zero-order valence-electron chi connectivity index (χ0n) is 19.8. The van der Waals surface area contributed by atoms with Crippen molar-refractivity contribution >= 4 is 23.1 Å². The van der Waals surface area contributed by atoms with E-state index in [1.54, 1.807) is 35.2 Å². The van der Waals surface area contributed by atoms with Gasteiger partial charge in [0.1, 0.15) is 5.82 Å². The van der Waals surface area contributed by atoms with Gasteiger partial charge < -0.3 is 19.3 Å². The average molecular weight is 505 g/mol. The molecule has 7 nitrogen and oxygen atoms in total. The van der Waals surface area contributed by atoms with E-state index in [1.807, 2.05) is 41.3 Å². The number of ether oxygens (including phenoxy) is 2. The number of amides is 1. The quantitative estimate of drug-likeness (QED) is 0.352. The van der Waals surface area contributed by atoms with Crippen LogP contribution in [0.15, 0.2) is 72.8 Å². The number of anilines is 1. The first-order valence-corrected chi connectivity index (χ1v) is 12.4. The van der Waals surface area contributed by atoms with Crippen LogP contribution in [0.3, 0.4) is 0 Å². The van der Waals surface area contributed by atoms with E-state index in [4.69, 9.17) is 9.47 Å². The molecule has 9 heteroatoms. The molecule has 0 atom stereocenters. The van der Waals surface area contributed by atoms with Crippen molar-refractivity contribution < 1.29 is 18.7 Å². The van der Waals surface area contributed by atoms with Gasteiger partial charge in [-0.2, -0.15) is 9.36 Å². The van der Waals surface area contributed by atoms with Crippen molar-refractivity contribution in [1.82, 2.24) is 14.3 Å². The summed E-state index contributed by atoms with van der Waals surface area (Å²) in [6.45, 7) is 2.13. The van der Waals surface area contributed by atoms with Gasteiger partial charge >= 0.3 is 0 Å². The third kappa shape index (κ3) is 5.31. The van der Waals surface area contributed by atoms with Crippen molar-refractivity contribution in [3.8, 4) is 16.7 Å². The van der Waals surface area contributed by atoms with Gasteiger partial charge in [-0.05, 0) is 35.9 Å². The third-order valence-electron chi connectivity index (χ3n) is 6.02. The van der Waals surface area contributed by atoms with Crippen LogP contribution in [0.2, 0.25) is 0 Å². The molecule has 0 N–H and O–H groups in total. The Labute approximate surface area is 212 Å². The third-order valence-corrected chi connectivity index (χ3v) is 6.66. The number of benzene rings is 3. The Bertz CT molecular complexity index is 1340. The molecule has 2 heterocycles. The lowest BCUT2D eigenvalue weighted by Crippen LogP contribution is -2.49. The van der Waals surface area contributed by atoms with Gasteiger partial charge in [0.25, 0.3) is 11.1 Å². The maximum atomic E-state index is 14.1. The fourth-order valence-electron chi connectivity index (χ4n) is 4.15. The molecule has 0 aliphatic carbocycles. The molecule has 184 valence electrons. The summed E-state index contributed by atoms with van der Waals surface area (Å²) in [5.74, 6) is 1.22. The second-order valence-corrected chi connectivity index (χ2v) is 9.05. The van der Waals surface area contributed by atoms with Gasteiger partial charge in [0.15, 0.2) is 17.3 Å². The summed E-state index contributed by atoms with van der Waals surface area (Å²) in [5.41, 5.74) is 2.19. The molecule has 1 saturated heterocycles. The first-order valence-electron chi connectivity index (χ1n) is 11.6. The monoisotopic (exact) mass is 504 g/mol. The topological polar surface area (TPSA) is 67.8 Å². The molecular formula is C27H25FN4O3S.